The third-order valence-electron chi connectivity index (χ3n) is 5.56. The molecule has 0 unspecified atom stereocenters. The molecule has 4 aromatic heterocycles. The minimum atomic E-state index is 0.0506. The fourth-order valence-electron chi connectivity index (χ4n) is 4.05. The van der Waals surface area contributed by atoms with Crippen LogP contribution >= 0.6 is 11.6 Å². The van der Waals surface area contributed by atoms with Crippen LogP contribution in [0.4, 0.5) is 0 Å². The van der Waals surface area contributed by atoms with Crippen molar-refractivity contribution in [1.82, 2.24) is 24.3 Å². The Balaban J connectivity index is 1.42. The Labute approximate surface area is 179 Å². The largest absolute Gasteiger partial charge is 0.338 e. The van der Waals surface area contributed by atoms with Crippen molar-refractivity contribution in [2.24, 2.45) is 0 Å². The first-order valence-electron chi connectivity index (χ1n) is 9.98. The molecule has 5 rings (SSSR count). The molecule has 1 fully saturated rings. The number of carbonyl (C=O) groups is 1. The van der Waals surface area contributed by atoms with E-state index in [1.54, 1.807) is 24.5 Å². The summed E-state index contributed by atoms with van der Waals surface area (Å²) < 4.78 is 1.95. The summed E-state index contributed by atoms with van der Waals surface area (Å²) >= 11 is 6.17. The van der Waals surface area contributed by atoms with Crippen molar-refractivity contribution in [2.45, 2.75) is 18.8 Å². The molecule has 5 heterocycles. The number of aromatic nitrogens is 4. The summed E-state index contributed by atoms with van der Waals surface area (Å²) in [5.74, 6) is 0.252. The number of fused-ring (bicyclic) bond motifs is 1. The molecule has 30 heavy (non-hydrogen) atoms. The van der Waals surface area contributed by atoms with Crippen LogP contribution in [-0.4, -0.2) is 43.2 Å². The van der Waals surface area contributed by atoms with Gasteiger partial charge in [0, 0.05) is 48.9 Å². The maximum absolute atomic E-state index is 12.9. The van der Waals surface area contributed by atoms with Gasteiger partial charge in [0.1, 0.15) is 5.65 Å². The molecule has 1 saturated heterocycles. The van der Waals surface area contributed by atoms with E-state index in [1.807, 2.05) is 52.0 Å². The van der Waals surface area contributed by atoms with Gasteiger partial charge < -0.3 is 4.90 Å². The van der Waals surface area contributed by atoms with Gasteiger partial charge in [-0.25, -0.2) is 4.98 Å². The molecular weight excluding hydrogens is 398 g/mol. The Bertz CT molecular complexity index is 1210. The molecule has 150 valence electrons. The van der Waals surface area contributed by atoms with Crippen molar-refractivity contribution < 1.29 is 4.79 Å². The minimum Gasteiger partial charge on any atom is -0.338 e. The van der Waals surface area contributed by atoms with Crippen molar-refractivity contribution in [2.75, 3.05) is 13.1 Å². The van der Waals surface area contributed by atoms with Crippen LogP contribution in [0.15, 0.2) is 67.3 Å². The summed E-state index contributed by atoms with van der Waals surface area (Å²) in [6, 6.07) is 13.3. The Morgan fingerprint density at radius 1 is 1.10 bits per heavy atom. The molecule has 0 radical (unpaired) electrons. The molecule has 0 spiro atoms. The summed E-state index contributed by atoms with van der Waals surface area (Å²) in [7, 11) is 0. The van der Waals surface area contributed by atoms with Crippen LogP contribution in [0.2, 0.25) is 5.02 Å². The summed E-state index contributed by atoms with van der Waals surface area (Å²) in [5.41, 5.74) is 4.25. The Hall–Kier alpha value is -3.25. The smallest absolute Gasteiger partial charge is 0.253 e. The number of carbonyl (C=O) groups excluding carboxylic acids is 1. The maximum atomic E-state index is 12.9. The van der Waals surface area contributed by atoms with Gasteiger partial charge >= 0.3 is 0 Å². The zero-order valence-electron chi connectivity index (χ0n) is 16.3. The Morgan fingerprint density at radius 3 is 2.83 bits per heavy atom. The number of hydrogen-bond acceptors (Lipinski definition) is 4. The van der Waals surface area contributed by atoms with Crippen LogP contribution in [0.5, 0.6) is 0 Å². The molecule has 0 bridgehead atoms. The van der Waals surface area contributed by atoms with Gasteiger partial charge in [-0.3, -0.25) is 19.2 Å². The lowest BCUT2D eigenvalue weighted by molar-refractivity contribution is 0.0706. The van der Waals surface area contributed by atoms with E-state index in [1.165, 1.54) is 0 Å². The van der Waals surface area contributed by atoms with E-state index in [0.29, 0.717) is 17.1 Å². The van der Waals surface area contributed by atoms with Gasteiger partial charge in [-0.15, -0.1) is 0 Å². The summed E-state index contributed by atoms with van der Waals surface area (Å²) in [4.78, 5) is 28.2. The topological polar surface area (TPSA) is 63.4 Å². The standard InChI is InChI=1S/C23H20ClN5O/c24-18-6-7-22-26-13-21(29(22)15-18)20-5-1-4-19(27-20)17-3-2-12-28(14-17)23(30)16-8-10-25-11-9-16/h1,4-11,13,15,17H,2-3,12,14H2/t17-/m1/s1. The predicted molar refractivity (Wildman–Crippen MR) is 116 cm³/mol. The lowest BCUT2D eigenvalue weighted by Crippen LogP contribution is -2.39. The van der Waals surface area contributed by atoms with Crippen molar-refractivity contribution in [3.63, 3.8) is 0 Å². The minimum absolute atomic E-state index is 0.0506. The predicted octanol–water partition coefficient (Wildman–Crippen LogP) is 4.46. The maximum Gasteiger partial charge on any atom is 0.253 e. The van der Waals surface area contributed by atoms with Crippen LogP contribution in [0.3, 0.4) is 0 Å². The number of halogens is 1. The number of hydrogen-bond donors (Lipinski definition) is 0. The normalized spacial score (nSPS) is 16.7. The van der Waals surface area contributed by atoms with Crippen molar-refractivity contribution in [3.05, 3.63) is 83.5 Å². The van der Waals surface area contributed by atoms with Crippen LogP contribution < -0.4 is 0 Å². The zero-order valence-corrected chi connectivity index (χ0v) is 17.0. The molecule has 1 aliphatic heterocycles. The number of pyridine rings is 3. The highest BCUT2D eigenvalue weighted by Crippen LogP contribution is 2.29. The quantitative estimate of drug-likeness (QED) is 0.493. The number of rotatable bonds is 3. The Kier molecular flexibility index (Phi) is 4.93. The van der Waals surface area contributed by atoms with E-state index in [0.717, 1.165) is 42.1 Å². The van der Waals surface area contributed by atoms with E-state index in [9.17, 15) is 4.79 Å². The lowest BCUT2D eigenvalue weighted by Gasteiger charge is -2.32. The molecule has 7 heteroatoms. The SMILES string of the molecule is O=C(c1ccncc1)N1CCC[C@@H](c2cccc(-c3cnc4ccc(Cl)cn34)n2)C1. The van der Waals surface area contributed by atoms with Crippen LogP contribution in [0.25, 0.3) is 17.0 Å². The van der Waals surface area contributed by atoms with Crippen molar-refractivity contribution in [3.8, 4) is 11.4 Å². The van der Waals surface area contributed by atoms with Crippen molar-refractivity contribution >= 4 is 23.2 Å². The molecule has 1 aliphatic rings. The van der Waals surface area contributed by atoms with Gasteiger partial charge in [0.2, 0.25) is 0 Å². The first-order valence-corrected chi connectivity index (χ1v) is 10.4. The van der Waals surface area contributed by atoms with E-state index in [4.69, 9.17) is 16.6 Å². The monoisotopic (exact) mass is 417 g/mol. The molecule has 4 aromatic rings. The zero-order chi connectivity index (χ0) is 20.5. The van der Waals surface area contributed by atoms with Gasteiger partial charge in [0.15, 0.2) is 0 Å². The summed E-state index contributed by atoms with van der Waals surface area (Å²) in [6.45, 7) is 1.43. The van der Waals surface area contributed by atoms with E-state index >= 15 is 0 Å². The second kappa shape index (κ2) is 7.88. The van der Waals surface area contributed by atoms with Gasteiger partial charge in [0.05, 0.1) is 22.6 Å². The van der Waals surface area contributed by atoms with Crippen LogP contribution in [0, 0.1) is 0 Å². The highest BCUT2D eigenvalue weighted by molar-refractivity contribution is 6.30. The second-order valence-corrected chi connectivity index (χ2v) is 7.93. The molecule has 0 aromatic carbocycles. The third kappa shape index (κ3) is 3.55. The summed E-state index contributed by atoms with van der Waals surface area (Å²) in [5, 5.41) is 0.649. The molecule has 1 amide bonds. The van der Waals surface area contributed by atoms with Gasteiger partial charge in [-0.1, -0.05) is 17.7 Å². The Morgan fingerprint density at radius 2 is 1.97 bits per heavy atom. The van der Waals surface area contributed by atoms with E-state index in [-0.39, 0.29) is 11.8 Å². The number of piperidine rings is 1. The van der Waals surface area contributed by atoms with E-state index in [2.05, 4.69) is 9.97 Å². The average molecular weight is 418 g/mol. The van der Waals surface area contributed by atoms with Gasteiger partial charge in [-0.05, 0) is 49.2 Å². The van der Waals surface area contributed by atoms with Crippen LogP contribution in [0.1, 0.15) is 34.8 Å². The fraction of sp³-hybridized carbons (Fsp3) is 0.217. The van der Waals surface area contributed by atoms with Gasteiger partial charge in [-0.2, -0.15) is 0 Å². The number of amides is 1. The molecule has 6 nitrogen and oxygen atoms in total. The highest BCUT2D eigenvalue weighted by Gasteiger charge is 2.26. The first-order chi connectivity index (χ1) is 14.7. The lowest BCUT2D eigenvalue weighted by atomic mass is 9.93. The fourth-order valence-corrected chi connectivity index (χ4v) is 4.21. The number of imidazole rings is 1. The number of nitrogens with zero attached hydrogens (tertiary/aromatic N) is 5. The molecular formula is C23H20ClN5O. The molecule has 0 aliphatic carbocycles. The number of likely N-dealkylation sites (tertiary alicyclic amines) is 1. The first kappa shape index (κ1) is 18.8. The highest BCUT2D eigenvalue weighted by atomic mass is 35.5. The second-order valence-electron chi connectivity index (χ2n) is 7.49. The van der Waals surface area contributed by atoms with Gasteiger partial charge in [0.25, 0.3) is 5.91 Å². The van der Waals surface area contributed by atoms with E-state index < -0.39 is 0 Å². The molecule has 0 saturated carbocycles. The molecule has 0 N–H and O–H groups in total. The van der Waals surface area contributed by atoms with Crippen LogP contribution in [-0.2, 0) is 0 Å². The average Bonchev–Trinajstić information content (AvgIpc) is 3.22. The van der Waals surface area contributed by atoms with Crippen molar-refractivity contribution in [1.29, 1.82) is 0 Å². The summed E-state index contributed by atoms with van der Waals surface area (Å²) in [6.07, 6.45) is 8.94. The molecule has 1 atom stereocenters. The third-order valence-corrected chi connectivity index (χ3v) is 5.78.